The predicted molar refractivity (Wildman–Crippen MR) is 104 cm³/mol. The highest BCUT2D eigenvalue weighted by atomic mass is 35.5. The number of hydrogen-bond donors (Lipinski definition) is 1. The van der Waals surface area contributed by atoms with Gasteiger partial charge in [0.25, 0.3) is 5.56 Å². The molecule has 1 fully saturated rings. The zero-order valence-corrected chi connectivity index (χ0v) is 16.4. The van der Waals surface area contributed by atoms with E-state index < -0.39 is 0 Å². The van der Waals surface area contributed by atoms with Crippen LogP contribution in [0.1, 0.15) is 51.3 Å². The average molecular weight is 393 g/mol. The summed E-state index contributed by atoms with van der Waals surface area (Å²) in [7, 11) is 0. The van der Waals surface area contributed by atoms with Gasteiger partial charge in [-0.2, -0.15) is 5.10 Å². The molecule has 3 heterocycles. The quantitative estimate of drug-likeness (QED) is 0.738. The number of nitrogens with zero attached hydrogens (tertiary/aromatic N) is 3. The van der Waals surface area contributed by atoms with E-state index in [-0.39, 0.29) is 30.0 Å². The van der Waals surface area contributed by atoms with E-state index in [1.807, 2.05) is 30.4 Å². The van der Waals surface area contributed by atoms with Crippen LogP contribution in [0.3, 0.4) is 0 Å². The monoisotopic (exact) mass is 392 g/mol. The Morgan fingerprint density at radius 1 is 1.35 bits per heavy atom. The Hall–Kier alpha value is -1.86. The number of amides is 1. The van der Waals surface area contributed by atoms with Gasteiger partial charge in [-0.15, -0.1) is 11.3 Å². The zero-order valence-electron chi connectivity index (χ0n) is 14.8. The first-order valence-corrected chi connectivity index (χ1v) is 10.1. The molecule has 1 saturated carbocycles. The maximum atomic E-state index is 12.9. The minimum absolute atomic E-state index is 0.0505. The summed E-state index contributed by atoms with van der Waals surface area (Å²) in [6.45, 7) is 4.00. The smallest absolute Gasteiger partial charge is 0.291 e. The van der Waals surface area contributed by atoms with Crippen molar-refractivity contribution in [3.8, 4) is 0 Å². The van der Waals surface area contributed by atoms with Crippen molar-refractivity contribution in [2.24, 2.45) is 0 Å². The third-order valence-electron chi connectivity index (χ3n) is 4.90. The summed E-state index contributed by atoms with van der Waals surface area (Å²) in [4.78, 5) is 25.3. The van der Waals surface area contributed by atoms with Gasteiger partial charge < -0.3 is 5.32 Å². The fourth-order valence-electron chi connectivity index (χ4n) is 3.67. The molecule has 8 heteroatoms. The van der Waals surface area contributed by atoms with Crippen LogP contribution in [0.4, 0.5) is 0 Å². The largest absolute Gasteiger partial charge is 0.352 e. The van der Waals surface area contributed by atoms with E-state index in [1.54, 1.807) is 0 Å². The number of thiophene rings is 1. The van der Waals surface area contributed by atoms with Crippen LogP contribution < -0.4 is 10.9 Å². The molecule has 3 aromatic rings. The normalized spacial score (nSPS) is 15.5. The van der Waals surface area contributed by atoms with E-state index in [0.29, 0.717) is 9.85 Å². The van der Waals surface area contributed by atoms with Crippen LogP contribution in [0.5, 0.6) is 0 Å². The van der Waals surface area contributed by atoms with Gasteiger partial charge in [0.2, 0.25) is 5.91 Å². The Bertz CT molecular complexity index is 1040. The molecule has 1 N–H and O–H groups in total. The Labute approximate surface area is 159 Å². The highest BCUT2D eigenvalue weighted by Crippen LogP contribution is 2.32. The SMILES string of the molecule is CC(C)c1nn(CC(=O)NC2CCCC2)c(=O)c2cc3sc(Cl)cc3n12. The zero-order chi connectivity index (χ0) is 18.4. The number of fused-ring (bicyclic) bond motifs is 3. The van der Waals surface area contributed by atoms with Gasteiger partial charge in [-0.1, -0.05) is 38.3 Å². The lowest BCUT2D eigenvalue weighted by molar-refractivity contribution is -0.122. The average Bonchev–Trinajstić information content (AvgIpc) is 3.26. The number of hydrogen-bond acceptors (Lipinski definition) is 4. The molecular formula is C18H21ClN4O2S. The lowest BCUT2D eigenvalue weighted by atomic mass is 10.2. The molecule has 4 rings (SSSR count). The van der Waals surface area contributed by atoms with Crippen molar-refractivity contribution >= 4 is 44.6 Å². The van der Waals surface area contributed by atoms with Gasteiger partial charge in [-0.25, -0.2) is 4.68 Å². The van der Waals surface area contributed by atoms with Crippen LogP contribution in [0.15, 0.2) is 16.9 Å². The lowest BCUT2D eigenvalue weighted by Gasteiger charge is -2.15. The minimum Gasteiger partial charge on any atom is -0.352 e. The summed E-state index contributed by atoms with van der Waals surface area (Å²) in [6, 6.07) is 3.93. The van der Waals surface area contributed by atoms with Crippen LogP contribution in [0.2, 0.25) is 4.34 Å². The molecule has 0 radical (unpaired) electrons. The number of carbonyl (C=O) groups is 1. The van der Waals surface area contributed by atoms with Crippen molar-refractivity contribution in [3.63, 3.8) is 0 Å². The Balaban J connectivity index is 1.76. The summed E-state index contributed by atoms with van der Waals surface area (Å²) < 4.78 is 4.79. The molecule has 0 aromatic carbocycles. The third kappa shape index (κ3) is 3.03. The minimum atomic E-state index is -0.254. The molecule has 1 amide bonds. The fraction of sp³-hybridized carbons (Fsp3) is 0.500. The molecule has 26 heavy (non-hydrogen) atoms. The maximum absolute atomic E-state index is 12.9. The predicted octanol–water partition coefficient (Wildman–Crippen LogP) is 3.55. The van der Waals surface area contributed by atoms with Gasteiger partial charge in [-0.05, 0) is 25.0 Å². The number of halogens is 1. The Morgan fingerprint density at radius 3 is 2.77 bits per heavy atom. The molecular weight excluding hydrogens is 372 g/mol. The molecule has 0 aliphatic heterocycles. The molecule has 0 spiro atoms. The first-order valence-electron chi connectivity index (χ1n) is 8.95. The highest BCUT2D eigenvalue weighted by molar-refractivity contribution is 7.22. The van der Waals surface area contributed by atoms with Crippen LogP contribution in [0.25, 0.3) is 15.7 Å². The third-order valence-corrected chi connectivity index (χ3v) is 6.10. The number of rotatable bonds is 4. The van der Waals surface area contributed by atoms with Gasteiger partial charge in [0, 0.05) is 12.0 Å². The van der Waals surface area contributed by atoms with E-state index in [2.05, 4.69) is 10.4 Å². The van der Waals surface area contributed by atoms with Crippen molar-refractivity contribution < 1.29 is 4.79 Å². The summed E-state index contributed by atoms with van der Waals surface area (Å²) in [6.07, 6.45) is 4.33. The number of aromatic nitrogens is 3. The maximum Gasteiger partial charge on any atom is 0.291 e. The van der Waals surface area contributed by atoms with E-state index in [0.717, 1.165) is 41.7 Å². The topological polar surface area (TPSA) is 68.4 Å². The van der Waals surface area contributed by atoms with Crippen molar-refractivity contribution in [2.45, 2.75) is 58.0 Å². The van der Waals surface area contributed by atoms with Crippen molar-refractivity contribution in [1.29, 1.82) is 0 Å². The molecule has 6 nitrogen and oxygen atoms in total. The van der Waals surface area contributed by atoms with Gasteiger partial charge in [0.1, 0.15) is 17.9 Å². The summed E-state index contributed by atoms with van der Waals surface area (Å²) in [5, 5.41) is 7.53. The van der Waals surface area contributed by atoms with Crippen LogP contribution in [0, 0.1) is 0 Å². The van der Waals surface area contributed by atoms with Gasteiger partial charge in [0.05, 0.1) is 14.6 Å². The van der Waals surface area contributed by atoms with Crippen molar-refractivity contribution in [2.75, 3.05) is 0 Å². The summed E-state index contributed by atoms with van der Waals surface area (Å²) >= 11 is 7.56. The number of nitrogens with one attached hydrogen (secondary N) is 1. The second-order valence-electron chi connectivity index (χ2n) is 7.19. The molecule has 0 unspecified atom stereocenters. The van der Waals surface area contributed by atoms with Crippen molar-refractivity contribution in [1.82, 2.24) is 19.5 Å². The molecule has 1 aliphatic carbocycles. The molecule has 0 bridgehead atoms. The van der Waals surface area contributed by atoms with Crippen LogP contribution in [-0.2, 0) is 11.3 Å². The van der Waals surface area contributed by atoms with Gasteiger partial charge >= 0.3 is 0 Å². The number of carbonyl (C=O) groups excluding carboxylic acids is 1. The lowest BCUT2D eigenvalue weighted by Crippen LogP contribution is -2.39. The second-order valence-corrected chi connectivity index (χ2v) is 8.90. The fourth-order valence-corrected chi connectivity index (χ4v) is 4.83. The molecule has 138 valence electrons. The van der Waals surface area contributed by atoms with E-state index in [1.165, 1.54) is 16.0 Å². The second kappa shape index (κ2) is 6.70. The Morgan fingerprint density at radius 2 is 2.08 bits per heavy atom. The van der Waals surface area contributed by atoms with E-state index in [4.69, 9.17) is 11.6 Å². The van der Waals surface area contributed by atoms with Crippen LogP contribution in [-0.4, -0.2) is 26.1 Å². The molecule has 0 saturated heterocycles. The highest BCUT2D eigenvalue weighted by Gasteiger charge is 2.21. The van der Waals surface area contributed by atoms with E-state index in [9.17, 15) is 9.59 Å². The van der Waals surface area contributed by atoms with Gasteiger partial charge in [0.15, 0.2) is 0 Å². The van der Waals surface area contributed by atoms with Gasteiger partial charge in [-0.3, -0.25) is 14.0 Å². The molecule has 3 aromatic heterocycles. The van der Waals surface area contributed by atoms with E-state index >= 15 is 0 Å². The van der Waals surface area contributed by atoms with Crippen LogP contribution >= 0.6 is 22.9 Å². The summed E-state index contributed by atoms with van der Waals surface area (Å²) in [5.41, 5.74) is 1.18. The first-order chi connectivity index (χ1) is 12.4. The standard InChI is InChI=1S/C18H21ClN4O2S/c1-10(2)17-21-22(9-16(24)20-11-5-3-4-6-11)18(25)13-7-14-12(23(13)17)8-15(19)26-14/h7-8,10-11H,3-6,9H2,1-2H3,(H,20,24). The summed E-state index contributed by atoms with van der Waals surface area (Å²) in [5.74, 6) is 0.691. The van der Waals surface area contributed by atoms with Crippen molar-refractivity contribution in [3.05, 3.63) is 32.6 Å². The molecule has 0 atom stereocenters. The Kier molecular flexibility index (Phi) is 4.52. The molecule has 1 aliphatic rings. The first kappa shape index (κ1) is 17.5.